The van der Waals surface area contributed by atoms with E-state index < -0.39 is 0 Å². The lowest BCUT2D eigenvalue weighted by Gasteiger charge is -2.17. The van der Waals surface area contributed by atoms with Crippen molar-refractivity contribution in [2.75, 3.05) is 5.88 Å². The zero-order valence-corrected chi connectivity index (χ0v) is 8.00. The molecule has 1 rings (SSSR count). The van der Waals surface area contributed by atoms with Gasteiger partial charge in [0.05, 0.1) is 0 Å². The first-order chi connectivity index (χ1) is 5.43. The van der Waals surface area contributed by atoms with Crippen LogP contribution in [-0.4, -0.2) is 5.88 Å². The van der Waals surface area contributed by atoms with Crippen molar-refractivity contribution in [3.05, 3.63) is 5.92 Å². The van der Waals surface area contributed by atoms with Crippen LogP contribution >= 0.6 is 11.6 Å². The Morgan fingerprint density at radius 1 is 0.909 bits per heavy atom. The summed E-state index contributed by atoms with van der Waals surface area (Å²) in [5.74, 6) is 2.55. The summed E-state index contributed by atoms with van der Waals surface area (Å²) in [5, 5.41) is 0. The van der Waals surface area contributed by atoms with Crippen LogP contribution < -0.4 is 0 Å². The molecule has 1 fully saturated rings. The Morgan fingerprint density at radius 3 is 2.00 bits per heavy atom. The van der Waals surface area contributed by atoms with Gasteiger partial charge in [-0.1, -0.05) is 32.1 Å². The summed E-state index contributed by atoms with van der Waals surface area (Å²) in [7, 11) is 0. The zero-order valence-electron chi connectivity index (χ0n) is 7.24. The van der Waals surface area contributed by atoms with E-state index in [4.69, 9.17) is 11.6 Å². The van der Waals surface area contributed by atoms with Crippen molar-refractivity contribution in [1.29, 1.82) is 0 Å². The molecule has 0 spiro atoms. The fourth-order valence-electron chi connectivity index (χ4n) is 1.79. The van der Waals surface area contributed by atoms with Gasteiger partial charge in [-0.25, -0.2) is 0 Å². The van der Waals surface area contributed by atoms with Gasteiger partial charge in [0, 0.05) is 5.88 Å². The average molecular weight is 174 g/mol. The minimum atomic E-state index is 0.829. The number of alkyl halides is 1. The lowest BCUT2D eigenvalue weighted by Crippen LogP contribution is -2.01. The topological polar surface area (TPSA) is 0 Å². The highest BCUT2D eigenvalue weighted by Gasteiger charge is 2.10. The molecule has 0 atom stereocenters. The van der Waals surface area contributed by atoms with Crippen molar-refractivity contribution >= 4 is 11.6 Å². The summed E-state index contributed by atoms with van der Waals surface area (Å²) >= 11 is 5.71. The number of hydrogen-bond acceptors (Lipinski definition) is 0. The fraction of sp³-hybridized carbons (Fsp3) is 0.900. The second kappa shape index (κ2) is 5.88. The lowest BCUT2D eigenvalue weighted by atomic mass is 9.89. The molecule has 0 aromatic carbocycles. The Morgan fingerprint density at radius 2 is 1.45 bits per heavy atom. The number of hydrogen-bond donors (Lipinski definition) is 0. The van der Waals surface area contributed by atoms with E-state index in [2.05, 4.69) is 0 Å². The summed E-state index contributed by atoms with van der Waals surface area (Å²) in [6.45, 7) is 0. The van der Waals surface area contributed by atoms with Crippen LogP contribution in [0, 0.1) is 5.92 Å². The molecule has 0 heterocycles. The third kappa shape index (κ3) is 4.00. The minimum absolute atomic E-state index is 0.829. The van der Waals surface area contributed by atoms with E-state index in [9.17, 15) is 0 Å². The number of halogens is 1. The van der Waals surface area contributed by atoms with Gasteiger partial charge in [0.2, 0.25) is 0 Å². The first kappa shape index (κ1) is 9.38. The van der Waals surface area contributed by atoms with E-state index >= 15 is 0 Å². The second-order valence-electron chi connectivity index (χ2n) is 3.46. The molecule has 65 valence electrons. The molecule has 1 aliphatic rings. The maximum absolute atomic E-state index is 5.71. The third-order valence-corrected chi connectivity index (χ3v) is 2.70. The molecule has 1 aliphatic carbocycles. The zero-order chi connectivity index (χ0) is 7.94. The van der Waals surface area contributed by atoms with Gasteiger partial charge in [0.25, 0.3) is 0 Å². The van der Waals surface area contributed by atoms with Crippen LogP contribution in [0.2, 0.25) is 0 Å². The Labute approximate surface area is 75.3 Å². The van der Waals surface area contributed by atoms with E-state index in [1.54, 1.807) is 5.92 Å². The summed E-state index contributed by atoms with van der Waals surface area (Å²) in [6.07, 6.45) is 11.0. The molecule has 0 bridgehead atoms. The predicted octanol–water partition coefficient (Wildman–Crippen LogP) is 3.93. The van der Waals surface area contributed by atoms with Crippen LogP contribution in [0.5, 0.6) is 0 Å². The summed E-state index contributed by atoms with van der Waals surface area (Å²) < 4.78 is 0. The van der Waals surface area contributed by atoms with E-state index in [0.29, 0.717) is 0 Å². The molecule has 1 saturated carbocycles. The van der Waals surface area contributed by atoms with Crippen molar-refractivity contribution in [3.8, 4) is 0 Å². The summed E-state index contributed by atoms with van der Waals surface area (Å²) in [4.78, 5) is 0. The van der Waals surface area contributed by atoms with Crippen molar-refractivity contribution in [3.63, 3.8) is 0 Å². The largest absolute Gasteiger partial charge is 0.127 e. The average Bonchev–Trinajstić information content (AvgIpc) is 1.94. The summed E-state index contributed by atoms with van der Waals surface area (Å²) in [5.41, 5.74) is 0. The molecule has 0 aromatic heterocycles. The van der Waals surface area contributed by atoms with E-state index in [1.165, 1.54) is 51.4 Å². The van der Waals surface area contributed by atoms with Crippen LogP contribution in [0.4, 0.5) is 0 Å². The van der Waals surface area contributed by atoms with Crippen molar-refractivity contribution in [1.82, 2.24) is 0 Å². The summed E-state index contributed by atoms with van der Waals surface area (Å²) in [6, 6.07) is 0. The van der Waals surface area contributed by atoms with Crippen LogP contribution in [0.3, 0.4) is 0 Å². The molecule has 0 unspecified atom stereocenters. The van der Waals surface area contributed by atoms with Gasteiger partial charge < -0.3 is 0 Å². The molecule has 1 radical (unpaired) electrons. The van der Waals surface area contributed by atoms with Gasteiger partial charge in [-0.15, -0.1) is 11.6 Å². The lowest BCUT2D eigenvalue weighted by molar-refractivity contribution is 0.513. The molecule has 0 amide bonds. The Kier molecular flexibility index (Phi) is 5.01. The highest BCUT2D eigenvalue weighted by Crippen LogP contribution is 2.26. The Balaban J connectivity index is 2.15. The maximum atomic E-state index is 5.71. The molecule has 0 N–H and O–H groups in total. The van der Waals surface area contributed by atoms with Crippen molar-refractivity contribution < 1.29 is 0 Å². The fourth-order valence-corrected chi connectivity index (χ4v) is 2.06. The maximum Gasteiger partial charge on any atom is 0.0228 e. The monoisotopic (exact) mass is 173 g/mol. The highest BCUT2D eigenvalue weighted by atomic mass is 35.5. The van der Waals surface area contributed by atoms with E-state index in [-0.39, 0.29) is 0 Å². The van der Waals surface area contributed by atoms with Crippen LogP contribution in [-0.2, 0) is 0 Å². The standard InChI is InChI=1S/C10H18Cl/c11-9-8-10-6-4-2-1-3-5-7-10/h1-9H2. The molecule has 0 nitrogen and oxygen atoms in total. The quantitative estimate of drug-likeness (QED) is 0.555. The molecule has 0 saturated heterocycles. The van der Waals surface area contributed by atoms with E-state index in [0.717, 1.165) is 5.88 Å². The second-order valence-corrected chi connectivity index (χ2v) is 3.83. The van der Waals surface area contributed by atoms with Gasteiger partial charge in [0.1, 0.15) is 0 Å². The van der Waals surface area contributed by atoms with Gasteiger partial charge in [-0.05, 0) is 25.2 Å². The van der Waals surface area contributed by atoms with E-state index in [1.807, 2.05) is 0 Å². The molecular formula is C10H18Cl. The first-order valence-electron chi connectivity index (χ1n) is 4.83. The first-order valence-corrected chi connectivity index (χ1v) is 5.36. The van der Waals surface area contributed by atoms with Crippen molar-refractivity contribution in [2.24, 2.45) is 0 Å². The van der Waals surface area contributed by atoms with Gasteiger partial charge in [-0.2, -0.15) is 0 Å². The van der Waals surface area contributed by atoms with Crippen LogP contribution in [0.25, 0.3) is 0 Å². The molecule has 11 heavy (non-hydrogen) atoms. The normalized spacial score (nSPS) is 22.6. The minimum Gasteiger partial charge on any atom is -0.127 e. The number of rotatable bonds is 2. The van der Waals surface area contributed by atoms with Gasteiger partial charge in [-0.3, -0.25) is 0 Å². The Hall–Kier alpha value is 0.290. The Bertz CT molecular complexity index is 82.9. The molecule has 0 aliphatic heterocycles. The van der Waals surface area contributed by atoms with Gasteiger partial charge >= 0.3 is 0 Å². The molecule has 0 aromatic rings. The van der Waals surface area contributed by atoms with Gasteiger partial charge in [0.15, 0.2) is 0 Å². The third-order valence-electron chi connectivity index (χ3n) is 2.51. The highest BCUT2D eigenvalue weighted by molar-refractivity contribution is 6.17. The molecular weight excluding hydrogens is 156 g/mol. The van der Waals surface area contributed by atoms with Crippen LogP contribution in [0.15, 0.2) is 0 Å². The SMILES string of the molecule is ClCC[C]1CCCCCCC1. The van der Waals surface area contributed by atoms with Crippen LogP contribution in [0.1, 0.15) is 51.4 Å². The molecule has 1 heteroatoms. The van der Waals surface area contributed by atoms with Crippen molar-refractivity contribution in [2.45, 2.75) is 51.4 Å². The smallest absolute Gasteiger partial charge is 0.0228 e. The predicted molar refractivity (Wildman–Crippen MR) is 50.9 cm³/mol.